The molecule has 2 rings (SSSR count). The fraction of sp³-hybridized carbons (Fsp3) is 0.231. The summed E-state index contributed by atoms with van der Waals surface area (Å²) in [7, 11) is 0. The van der Waals surface area contributed by atoms with Gasteiger partial charge in [0.1, 0.15) is 17.5 Å². The van der Waals surface area contributed by atoms with Gasteiger partial charge in [0.2, 0.25) is 0 Å². The highest BCUT2D eigenvalue weighted by molar-refractivity contribution is 5.61. The number of hydrogen-bond acceptors (Lipinski definition) is 5. The van der Waals surface area contributed by atoms with Gasteiger partial charge in [-0.15, -0.1) is 0 Å². The molecule has 0 aliphatic rings. The van der Waals surface area contributed by atoms with E-state index >= 15 is 0 Å². The number of aryl methyl sites for hydroxylation is 3. The standard InChI is InChI=1S/C13H13N5/c1-7-4-10(5-8(2)16-7)13-17-9(3)11(6-14)12(15)18-13/h4-5H,1-3H3,(H2,15,17,18). The monoisotopic (exact) mass is 239 g/mol. The van der Waals surface area contributed by atoms with Gasteiger partial charge < -0.3 is 5.73 Å². The lowest BCUT2D eigenvalue weighted by atomic mass is 10.1. The van der Waals surface area contributed by atoms with Crippen LogP contribution in [0.4, 0.5) is 5.82 Å². The maximum Gasteiger partial charge on any atom is 0.161 e. The van der Waals surface area contributed by atoms with E-state index in [0.29, 0.717) is 17.1 Å². The number of nitrogens with two attached hydrogens (primary N) is 1. The lowest BCUT2D eigenvalue weighted by Gasteiger charge is -2.07. The molecule has 0 radical (unpaired) electrons. The molecular formula is C13H13N5. The highest BCUT2D eigenvalue weighted by Crippen LogP contribution is 2.21. The van der Waals surface area contributed by atoms with Crippen LogP contribution in [-0.2, 0) is 0 Å². The first kappa shape index (κ1) is 12.0. The van der Waals surface area contributed by atoms with Crippen LogP contribution in [0.25, 0.3) is 11.4 Å². The van der Waals surface area contributed by atoms with Crippen molar-refractivity contribution in [2.75, 3.05) is 5.73 Å². The van der Waals surface area contributed by atoms with Gasteiger partial charge in [0, 0.05) is 17.0 Å². The number of rotatable bonds is 1. The molecule has 0 aliphatic carbocycles. The maximum absolute atomic E-state index is 8.93. The molecule has 5 heteroatoms. The third kappa shape index (κ3) is 2.13. The van der Waals surface area contributed by atoms with E-state index in [-0.39, 0.29) is 5.82 Å². The lowest BCUT2D eigenvalue weighted by Crippen LogP contribution is -2.03. The van der Waals surface area contributed by atoms with Crippen molar-refractivity contribution in [3.63, 3.8) is 0 Å². The van der Waals surface area contributed by atoms with Crippen molar-refractivity contribution in [1.82, 2.24) is 15.0 Å². The minimum atomic E-state index is 0.215. The lowest BCUT2D eigenvalue weighted by molar-refractivity contribution is 1.08. The van der Waals surface area contributed by atoms with E-state index in [9.17, 15) is 0 Å². The molecular weight excluding hydrogens is 226 g/mol. The first-order valence-electron chi connectivity index (χ1n) is 5.51. The molecule has 0 amide bonds. The molecule has 0 aromatic carbocycles. The van der Waals surface area contributed by atoms with Crippen LogP contribution in [0.5, 0.6) is 0 Å². The molecule has 5 nitrogen and oxygen atoms in total. The summed E-state index contributed by atoms with van der Waals surface area (Å²) < 4.78 is 0. The Bertz CT molecular complexity index is 612. The van der Waals surface area contributed by atoms with Crippen molar-refractivity contribution in [2.45, 2.75) is 20.8 Å². The predicted molar refractivity (Wildman–Crippen MR) is 68.6 cm³/mol. The van der Waals surface area contributed by atoms with Crippen molar-refractivity contribution >= 4 is 5.82 Å². The molecule has 0 unspecified atom stereocenters. The average Bonchev–Trinajstić information content (AvgIpc) is 2.27. The molecule has 0 spiro atoms. The third-order valence-electron chi connectivity index (χ3n) is 2.57. The van der Waals surface area contributed by atoms with E-state index in [4.69, 9.17) is 11.0 Å². The number of pyridine rings is 1. The van der Waals surface area contributed by atoms with Crippen LogP contribution >= 0.6 is 0 Å². The van der Waals surface area contributed by atoms with Crippen LogP contribution < -0.4 is 5.73 Å². The average molecular weight is 239 g/mol. The first-order valence-corrected chi connectivity index (χ1v) is 5.51. The van der Waals surface area contributed by atoms with Gasteiger partial charge in [-0.2, -0.15) is 5.26 Å². The Balaban J connectivity index is 2.62. The summed E-state index contributed by atoms with van der Waals surface area (Å²) in [6.45, 7) is 5.58. The van der Waals surface area contributed by atoms with Crippen LogP contribution in [0.1, 0.15) is 22.6 Å². The Hall–Kier alpha value is -2.48. The molecule has 0 saturated heterocycles. The van der Waals surface area contributed by atoms with E-state index in [1.807, 2.05) is 32.0 Å². The molecule has 0 atom stereocenters. The van der Waals surface area contributed by atoms with Crippen molar-refractivity contribution < 1.29 is 0 Å². The van der Waals surface area contributed by atoms with Gasteiger partial charge in [0.05, 0.1) is 5.69 Å². The topological polar surface area (TPSA) is 88.5 Å². The Labute approximate surface area is 105 Å². The number of anilines is 1. The summed E-state index contributed by atoms with van der Waals surface area (Å²) in [5, 5.41) is 8.93. The molecule has 2 aromatic rings. The summed E-state index contributed by atoms with van der Waals surface area (Å²) in [6.07, 6.45) is 0. The predicted octanol–water partition coefficient (Wildman–Crippen LogP) is 1.92. The zero-order chi connectivity index (χ0) is 13.3. The van der Waals surface area contributed by atoms with E-state index < -0.39 is 0 Å². The van der Waals surface area contributed by atoms with E-state index in [0.717, 1.165) is 17.0 Å². The van der Waals surface area contributed by atoms with Gasteiger partial charge in [-0.25, -0.2) is 9.97 Å². The minimum absolute atomic E-state index is 0.215. The largest absolute Gasteiger partial charge is 0.382 e. The zero-order valence-corrected chi connectivity index (χ0v) is 10.5. The van der Waals surface area contributed by atoms with Crippen LogP contribution in [-0.4, -0.2) is 15.0 Å². The minimum Gasteiger partial charge on any atom is -0.382 e. The van der Waals surface area contributed by atoms with Crippen molar-refractivity contribution in [3.05, 3.63) is 34.8 Å². The number of aromatic nitrogens is 3. The fourth-order valence-electron chi connectivity index (χ4n) is 1.83. The summed E-state index contributed by atoms with van der Waals surface area (Å²) in [4.78, 5) is 12.8. The van der Waals surface area contributed by atoms with Crippen molar-refractivity contribution in [1.29, 1.82) is 5.26 Å². The van der Waals surface area contributed by atoms with Gasteiger partial charge in [0.15, 0.2) is 5.82 Å². The number of nitrogens with zero attached hydrogens (tertiary/aromatic N) is 4. The molecule has 2 N–H and O–H groups in total. The number of hydrogen-bond donors (Lipinski definition) is 1. The first-order chi connectivity index (χ1) is 8.51. The molecule has 2 heterocycles. The van der Waals surface area contributed by atoms with Crippen LogP contribution in [0, 0.1) is 32.1 Å². The Morgan fingerprint density at radius 1 is 1.06 bits per heavy atom. The number of nitriles is 1. The highest BCUT2D eigenvalue weighted by Gasteiger charge is 2.10. The quantitative estimate of drug-likeness (QED) is 0.821. The fourth-order valence-corrected chi connectivity index (χ4v) is 1.83. The van der Waals surface area contributed by atoms with E-state index in [1.54, 1.807) is 6.92 Å². The smallest absolute Gasteiger partial charge is 0.161 e. The second kappa shape index (κ2) is 4.41. The van der Waals surface area contributed by atoms with Crippen molar-refractivity contribution in [2.24, 2.45) is 0 Å². The Morgan fingerprint density at radius 3 is 2.17 bits per heavy atom. The van der Waals surface area contributed by atoms with E-state index in [1.165, 1.54) is 0 Å². The zero-order valence-electron chi connectivity index (χ0n) is 10.5. The molecule has 18 heavy (non-hydrogen) atoms. The van der Waals surface area contributed by atoms with Gasteiger partial charge in [-0.1, -0.05) is 0 Å². The van der Waals surface area contributed by atoms with Gasteiger partial charge >= 0.3 is 0 Å². The molecule has 0 aliphatic heterocycles. The van der Waals surface area contributed by atoms with Crippen molar-refractivity contribution in [3.8, 4) is 17.5 Å². The molecule has 0 saturated carbocycles. The molecule has 90 valence electrons. The molecule has 0 fully saturated rings. The number of nitrogen functional groups attached to an aromatic ring is 1. The van der Waals surface area contributed by atoms with E-state index in [2.05, 4.69) is 15.0 Å². The van der Waals surface area contributed by atoms with Crippen LogP contribution in [0.2, 0.25) is 0 Å². The Morgan fingerprint density at radius 2 is 1.67 bits per heavy atom. The van der Waals surface area contributed by atoms with Gasteiger partial charge in [-0.05, 0) is 32.9 Å². The van der Waals surface area contributed by atoms with Gasteiger partial charge in [0.25, 0.3) is 0 Å². The molecule has 0 bridgehead atoms. The summed E-state index contributed by atoms with van der Waals surface area (Å²) in [5.74, 6) is 0.740. The second-order valence-electron chi connectivity index (χ2n) is 4.14. The van der Waals surface area contributed by atoms with Gasteiger partial charge in [-0.3, -0.25) is 4.98 Å². The molecule has 2 aromatic heterocycles. The summed E-state index contributed by atoms with van der Waals surface area (Å²) >= 11 is 0. The third-order valence-corrected chi connectivity index (χ3v) is 2.57. The highest BCUT2D eigenvalue weighted by atomic mass is 15.0. The SMILES string of the molecule is Cc1cc(-c2nc(C)c(C#N)c(N)n2)cc(C)n1. The van der Waals surface area contributed by atoms with Crippen LogP contribution in [0.3, 0.4) is 0 Å². The summed E-state index contributed by atoms with van der Waals surface area (Å²) in [6, 6.07) is 5.79. The second-order valence-corrected chi connectivity index (χ2v) is 4.14. The normalized spacial score (nSPS) is 10.1. The maximum atomic E-state index is 8.93. The summed E-state index contributed by atoms with van der Waals surface area (Å²) in [5.41, 5.74) is 9.34. The Kier molecular flexibility index (Phi) is 2.94. The van der Waals surface area contributed by atoms with Crippen LogP contribution in [0.15, 0.2) is 12.1 Å².